The lowest BCUT2D eigenvalue weighted by molar-refractivity contribution is -0.148. The topological polar surface area (TPSA) is 126 Å². The second kappa shape index (κ2) is 7.16. The Morgan fingerprint density at radius 2 is 1.93 bits per heavy atom. The lowest BCUT2D eigenvalue weighted by Crippen LogP contribution is -2.51. The number of likely N-dealkylation sites (tertiary alicyclic amines) is 1. The van der Waals surface area contributed by atoms with Crippen molar-refractivity contribution in [1.29, 1.82) is 0 Å². The highest BCUT2D eigenvalue weighted by Crippen LogP contribution is 2.25. The number of hydrogen-bond acceptors (Lipinski definition) is 6. The number of fused-ring (bicyclic) bond motifs is 1. The summed E-state index contributed by atoms with van der Waals surface area (Å²) in [5, 5.41) is 5.96. The number of carbonyl (C=O) groups excluding carboxylic acids is 4. The summed E-state index contributed by atoms with van der Waals surface area (Å²) >= 11 is 0. The minimum Gasteiger partial charge on any atom is -0.423 e. The number of imide groups is 1. The molecule has 9 nitrogen and oxygen atoms in total. The summed E-state index contributed by atoms with van der Waals surface area (Å²) in [5.41, 5.74) is 0.982. The van der Waals surface area contributed by atoms with E-state index in [-0.39, 0.29) is 25.2 Å². The fraction of sp³-hybridized carbons (Fsp3) is 0.350. The molecule has 0 radical (unpaired) electrons. The van der Waals surface area contributed by atoms with Crippen LogP contribution in [-0.2, 0) is 19.2 Å². The van der Waals surface area contributed by atoms with E-state index in [2.05, 4.69) is 10.6 Å². The maximum Gasteiger partial charge on any atom is 0.336 e. The van der Waals surface area contributed by atoms with Gasteiger partial charge in [0.05, 0.1) is 0 Å². The number of rotatable bonds is 3. The van der Waals surface area contributed by atoms with Crippen LogP contribution in [0.5, 0.6) is 0 Å². The first-order valence-corrected chi connectivity index (χ1v) is 9.34. The van der Waals surface area contributed by atoms with Crippen LogP contribution in [-0.4, -0.2) is 40.6 Å². The van der Waals surface area contributed by atoms with Crippen LogP contribution >= 0.6 is 0 Å². The van der Waals surface area contributed by atoms with Crippen LogP contribution in [0.25, 0.3) is 11.0 Å². The molecule has 150 valence electrons. The predicted octanol–water partition coefficient (Wildman–Crippen LogP) is 0.836. The molecule has 0 aliphatic carbocycles. The molecule has 4 amide bonds. The van der Waals surface area contributed by atoms with Gasteiger partial charge in [-0.3, -0.25) is 24.1 Å². The van der Waals surface area contributed by atoms with Crippen molar-refractivity contribution in [3.8, 4) is 0 Å². The van der Waals surface area contributed by atoms with Crippen molar-refractivity contribution in [2.24, 2.45) is 0 Å². The van der Waals surface area contributed by atoms with Crippen molar-refractivity contribution in [3.05, 3.63) is 40.2 Å². The van der Waals surface area contributed by atoms with Gasteiger partial charge in [-0.1, -0.05) is 0 Å². The molecule has 9 heteroatoms. The van der Waals surface area contributed by atoms with Gasteiger partial charge in [0.2, 0.25) is 17.7 Å². The van der Waals surface area contributed by atoms with Gasteiger partial charge in [0, 0.05) is 36.0 Å². The average molecular weight is 397 g/mol. The van der Waals surface area contributed by atoms with Gasteiger partial charge < -0.3 is 15.1 Å². The number of hydrogen-bond donors (Lipinski definition) is 2. The van der Waals surface area contributed by atoms with Gasteiger partial charge in [-0.25, -0.2) is 4.79 Å². The number of nitrogens with one attached hydrogen (secondary N) is 2. The maximum absolute atomic E-state index is 12.8. The summed E-state index contributed by atoms with van der Waals surface area (Å²) < 4.78 is 5.18. The largest absolute Gasteiger partial charge is 0.423 e. The van der Waals surface area contributed by atoms with Crippen LogP contribution in [0.1, 0.15) is 31.2 Å². The SMILES string of the molecule is Cc1cc(=O)oc2cc(NC(=O)[C@H]3CCC(=O)N3C(=O)[C@H]3CCC(=O)N3)ccc12. The molecule has 2 atom stereocenters. The Bertz CT molecular complexity index is 1110. The normalized spacial score (nSPS) is 21.5. The third kappa shape index (κ3) is 3.51. The minimum atomic E-state index is -0.951. The van der Waals surface area contributed by atoms with Crippen molar-refractivity contribution in [3.63, 3.8) is 0 Å². The van der Waals surface area contributed by atoms with E-state index >= 15 is 0 Å². The van der Waals surface area contributed by atoms with Crippen LogP contribution in [0.4, 0.5) is 5.69 Å². The first-order valence-electron chi connectivity index (χ1n) is 9.34. The van der Waals surface area contributed by atoms with E-state index in [4.69, 9.17) is 4.42 Å². The molecular weight excluding hydrogens is 378 g/mol. The summed E-state index contributed by atoms with van der Waals surface area (Å²) in [6.07, 6.45) is 0.810. The lowest BCUT2D eigenvalue weighted by Gasteiger charge is -2.25. The lowest BCUT2D eigenvalue weighted by atomic mass is 10.1. The second-order valence-corrected chi connectivity index (χ2v) is 7.26. The Labute approximate surface area is 165 Å². The predicted molar refractivity (Wildman–Crippen MR) is 102 cm³/mol. The minimum absolute atomic E-state index is 0.0796. The summed E-state index contributed by atoms with van der Waals surface area (Å²) in [6.45, 7) is 1.78. The average Bonchev–Trinajstić information content (AvgIpc) is 3.26. The first kappa shape index (κ1) is 18.9. The zero-order valence-electron chi connectivity index (χ0n) is 15.7. The number of aryl methyl sites for hydroxylation is 1. The van der Waals surface area contributed by atoms with Gasteiger partial charge in [-0.2, -0.15) is 0 Å². The van der Waals surface area contributed by atoms with Gasteiger partial charge in [-0.15, -0.1) is 0 Å². The molecule has 0 bridgehead atoms. The molecule has 0 spiro atoms. The highest BCUT2D eigenvalue weighted by molar-refractivity contribution is 6.08. The van der Waals surface area contributed by atoms with Gasteiger partial charge in [0.15, 0.2) is 0 Å². The summed E-state index contributed by atoms with van der Waals surface area (Å²) in [5.74, 6) is -1.75. The molecule has 2 fully saturated rings. The van der Waals surface area contributed by atoms with Gasteiger partial charge in [-0.05, 0) is 37.5 Å². The van der Waals surface area contributed by atoms with Crippen LogP contribution in [0, 0.1) is 6.92 Å². The molecule has 2 aliphatic rings. The van der Waals surface area contributed by atoms with Crippen LogP contribution in [0.2, 0.25) is 0 Å². The van der Waals surface area contributed by atoms with E-state index in [9.17, 15) is 24.0 Å². The smallest absolute Gasteiger partial charge is 0.336 e. The molecule has 3 heterocycles. The molecule has 0 saturated carbocycles. The monoisotopic (exact) mass is 397 g/mol. The second-order valence-electron chi connectivity index (χ2n) is 7.26. The van der Waals surface area contributed by atoms with Crippen molar-refractivity contribution in [1.82, 2.24) is 10.2 Å². The van der Waals surface area contributed by atoms with E-state index in [1.807, 2.05) is 0 Å². The zero-order chi connectivity index (χ0) is 20.7. The van der Waals surface area contributed by atoms with Crippen molar-refractivity contribution in [2.75, 3.05) is 5.32 Å². The Morgan fingerprint density at radius 3 is 2.66 bits per heavy atom. The summed E-state index contributed by atoms with van der Waals surface area (Å²) in [6, 6.07) is 4.57. The Kier molecular flexibility index (Phi) is 4.65. The van der Waals surface area contributed by atoms with Crippen molar-refractivity contribution >= 4 is 40.3 Å². The fourth-order valence-corrected chi connectivity index (χ4v) is 3.80. The fourth-order valence-electron chi connectivity index (χ4n) is 3.80. The zero-order valence-corrected chi connectivity index (χ0v) is 15.7. The molecular formula is C20H19N3O6. The molecule has 2 N–H and O–H groups in total. The number of carbonyl (C=O) groups is 4. The number of nitrogens with zero attached hydrogens (tertiary/aromatic N) is 1. The third-order valence-electron chi connectivity index (χ3n) is 5.26. The van der Waals surface area contributed by atoms with Crippen LogP contribution in [0.15, 0.2) is 33.5 Å². The van der Waals surface area contributed by atoms with E-state index in [0.29, 0.717) is 17.7 Å². The molecule has 0 unspecified atom stereocenters. The van der Waals surface area contributed by atoms with Crippen LogP contribution in [0.3, 0.4) is 0 Å². The highest BCUT2D eigenvalue weighted by Gasteiger charge is 2.44. The van der Waals surface area contributed by atoms with E-state index in [1.165, 1.54) is 12.1 Å². The molecule has 1 aromatic heterocycles. The Hall–Kier alpha value is -3.49. The quantitative estimate of drug-likeness (QED) is 0.584. The molecule has 29 heavy (non-hydrogen) atoms. The number of anilines is 1. The molecule has 2 aliphatic heterocycles. The van der Waals surface area contributed by atoms with Crippen LogP contribution < -0.4 is 16.3 Å². The molecule has 2 saturated heterocycles. The third-order valence-corrected chi connectivity index (χ3v) is 5.26. The first-order chi connectivity index (χ1) is 13.8. The van der Waals surface area contributed by atoms with E-state index < -0.39 is 35.4 Å². The van der Waals surface area contributed by atoms with E-state index in [0.717, 1.165) is 15.8 Å². The molecule has 4 rings (SSSR count). The van der Waals surface area contributed by atoms with E-state index in [1.54, 1.807) is 19.1 Å². The standard InChI is InChI=1S/C20H19N3O6/c1-10-8-18(26)29-15-9-11(2-3-12(10)15)21-19(27)14-5-7-17(25)23(14)20(28)13-4-6-16(24)22-13/h2-3,8-9,13-14H,4-7H2,1H3,(H,21,27)(H,22,24)/t13-,14-/m1/s1. The summed E-state index contributed by atoms with van der Waals surface area (Å²) in [7, 11) is 0. The maximum atomic E-state index is 12.8. The van der Waals surface area contributed by atoms with Gasteiger partial charge in [0.25, 0.3) is 5.91 Å². The molecule has 1 aromatic carbocycles. The molecule has 2 aromatic rings. The van der Waals surface area contributed by atoms with Gasteiger partial charge in [0.1, 0.15) is 17.7 Å². The van der Waals surface area contributed by atoms with Gasteiger partial charge >= 0.3 is 5.63 Å². The van der Waals surface area contributed by atoms with Crippen molar-refractivity contribution < 1.29 is 23.6 Å². The highest BCUT2D eigenvalue weighted by atomic mass is 16.4. The Balaban J connectivity index is 1.55. The number of amides is 4. The van der Waals surface area contributed by atoms with Crippen molar-refractivity contribution in [2.45, 2.75) is 44.7 Å². The number of benzene rings is 1. The Morgan fingerprint density at radius 1 is 1.14 bits per heavy atom. The summed E-state index contributed by atoms with van der Waals surface area (Å²) in [4.78, 5) is 61.6.